The van der Waals surface area contributed by atoms with E-state index in [1.54, 1.807) is 0 Å². The van der Waals surface area contributed by atoms with Crippen LogP contribution in [0.5, 0.6) is 0 Å². The largest absolute Gasteiger partial charge is 0.362 e. The number of unbranched alkanes of at least 4 members (excludes halogenated alkanes) is 1. The van der Waals surface area contributed by atoms with Gasteiger partial charge in [0, 0.05) is 6.54 Å². The highest BCUT2D eigenvalue weighted by atomic mass is 16.5. The first kappa shape index (κ1) is 10.0. The maximum Gasteiger partial charge on any atom is 0.111 e. The summed E-state index contributed by atoms with van der Waals surface area (Å²) in [6, 6.07) is 0. The third-order valence-electron chi connectivity index (χ3n) is 2.63. The number of ether oxygens (including phenoxy) is 1. The summed E-state index contributed by atoms with van der Waals surface area (Å²) in [5, 5.41) is 3.39. The van der Waals surface area contributed by atoms with E-state index in [1.165, 1.54) is 25.7 Å². The average Bonchev–Trinajstić information content (AvgIpc) is 2.59. The Kier molecular flexibility index (Phi) is 4.62. The maximum atomic E-state index is 5.59. The van der Waals surface area contributed by atoms with Gasteiger partial charge in [-0.2, -0.15) is 0 Å². The first-order valence-corrected chi connectivity index (χ1v) is 5.23. The second-order valence-corrected chi connectivity index (χ2v) is 3.56. The molecule has 72 valence electrons. The zero-order chi connectivity index (χ0) is 8.81. The minimum absolute atomic E-state index is 0.349. The van der Waals surface area contributed by atoms with Crippen molar-refractivity contribution in [3.05, 3.63) is 0 Å². The quantitative estimate of drug-likeness (QED) is 0.684. The molecule has 1 fully saturated rings. The minimum Gasteiger partial charge on any atom is -0.362 e. The molecule has 0 spiro atoms. The van der Waals surface area contributed by atoms with Crippen molar-refractivity contribution in [1.82, 2.24) is 5.32 Å². The Balaban J connectivity index is 2.22. The van der Waals surface area contributed by atoms with E-state index in [-0.39, 0.29) is 0 Å². The molecule has 2 atom stereocenters. The molecule has 12 heavy (non-hydrogen) atoms. The summed E-state index contributed by atoms with van der Waals surface area (Å²) < 4.78 is 5.59. The first-order valence-electron chi connectivity index (χ1n) is 5.23. The molecule has 2 nitrogen and oxygen atoms in total. The normalized spacial score (nSPS) is 26.0. The maximum absolute atomic E-state index is 5.59. The van der Waals surface area contributed by atoms with Gasteiger partial charge in [-0.25, -0.2) is 0 Å². The van der Waals surface area contributed by atoms with Crippen LogP contribution in [-0.4, -0.2) is 19.4 Å². The van der Waals surface area contributed by atoms with E-state index in [0.717, 1.165) is 19.1 Å². The van der Waals surface area contributed by atoms with Gasteiger partial charge in [-0.1, -0.05) is 26.7 Å². The Hall–Kier alpha value is -0.0800. The fourth-order valence-electron chi connectivity index (χ4n) is 1.78. The van der Waals surface area contributed by atoms with Crippen molar-refractivity contribution in [1.29, 1.82) is 0 Å². The van der Waals surface area contributed by atoms with Crippen LogP contribution in [0.3, 0.4) is 0 Å². The van der Waals surface area contributed by atoms with Gasteiger partial charge in [0.05, 0.1) is 6.61 Å². The molecular weight excluding hydrogens is 150 g/mol. The van der Waals surface area contributed by atoms with E-state index in [1.807, 2.05) is 0 Å². The van der Waals surface area contributed by atoms with Crippen molar-refractivity contribution in [3.63, 3.8) is 0 Å². The van der Waals surface area contributed by atoms with Gasteiger partial charge < -0.3 is 4.74 Å². The van der Waals surface area contributed by atoms with Crippen LogP contribution in [0.25, 0.3) is 0 Å². The number of nitrogens with one attached hydrogen (secondary N) is 1. The number of rotatable bonds is 5. The van der Waals surface area contributed by atoms with E-state index < -0.39 is 0 Å². The van der Waals surface area contributed by atoms with Crippen LogP contribution in [0.15, 0.2) is 0 Å². The highest BCUT2D eigenvalue weighted by Gasteiger charge is 2.22. The van der Waals surface area contributed by atoms with E-state index in [2.05, 4.69) is 19.2 Å². The van der Waals surface area contributed by atoms with Gasteiger partial charge in [0.1, 0.15) is 6.23 Å². The minimum atomic E-state index is 0.349. The van der Waals surface area contributed by atoms with Crippen molar-refractivity contribution in [2.45, 2.75) is 45.8 Å². The summed E-state index contributed by atoms with van der Waals surface area (Å²) in [6.07, 6.45) is 5.52. The van der Waals surface area contributed by atoms with Crippen molar-refractivity contribution in [2.24, 2.45) is 5.92 Å². The molecule has 0 aliphatic carbocycles. The zero-order valence-electron chi connectivity index (χ0n) is 8.31. The third-order valence-corrected chi connectivity index (χ3v) is 2.63. The molecular formula is C10H21NO. The van der Waals surface area contributed by atoms with Crippen molar-refractivity contribution in [2.75, 3.05) is 13.2 Å². The van der Waals surface area contributed by atoms with Crippen molar-refractivity contribution in [3.8, 4) is 0 Å². The van der Waals surface area contributed by atoms with Gasteiger partial charge in [0.2, 0.25) is 0 Å². The molecule has 0 aromatic rings. The molecule has 1 aliphatic rings. The van der Waals surface area contributed by atoms with E-state index >= 15 is 0 Å². The van der Waals surface area contributed by atoms with Crippen LogP contribution < -0.4 is 5.32 Å². The van der Waals surface area contributed by atoms with Gasteiger partial charge in [-0.3, -0.25) is 5.32 Å². The summed E-state index contributed by atoms with van der Waals surface area (Å²) in [6.45, 7) is 6.43. The van der Waals surface area contributed by atoms with Gasteiger partial charge in [0.15, 0.2) is 0 Å². The highest BCUT2D eigenvalue weighted by molar-refractivity contribution is 4.71. The van der Waals surface area contributed by atoms with E-state index in [9.17, 15) is 0 Å². The van der Waals surface area contributed by atoms with Gasteiger partial charge in [0.25, 0.3) is 0 Å². The van der Waals surface area contributed by atoms with Gasteiger partial charge in [-0.05, 0) is 18.8 Å². The summed E-state index contributed by atoms with van der Waals surface area (Å²) in [4.78, 5) is 0. The predicted octanol–water partition coefficient (Wildman–Crippen LogP) is 2.15. The number of hydrogen-bond acceptors (Lipinski definition) is 2. The van der Waals surface area contributed by atoms with Crippen LogP contribution in [0, 0.1) is 5.92 Å². The van der Waals surface area contributed by atoms with Crippen LogP contribution >= 0.6 is 0 Å². The zero-order valence-corrected chi connectivity index (χ0v) is 8.31. The lowest BCUT2D eigenvalue weighted by Crippen LogP contribution is -2.31. The lowest BCUT2D eigenvalue weighted by Gasteiger charge is -2.21. The van der Waals surface area contributed by atoms with Crippen LogP contribution in [0.4, 0.5) is 0 Å². The van der Waals surface area contributed by atoms with Crippen LogP contribution in [0.2, 0.25) is 0 Å². The summed E-state index contributed by atoms with van der Waals surface area (Å²) in [7, 11) is 0. The Morgan fingerprint density at radius 2 is 2.33 bits per heavy atom. The van der Waals surface area contributed by atoms with E-state index in [0.29, 0.717) is 6.23 Å². The molecule has 1 N–H and O–H groups in total. The molecule has 0 saturated carbocycles. The Morgan fingerprint density at radius 3 is 2.83 bits per heavy atom. The second kappa shape index (κ2) is 5.55. The topological polar surface area (TPSA) is 21.3 Å². The molecule has 0 aromatic heterocycles. The Bertz CT molecular complexity index is 110. The third kappa shape index (κ3) is 2.76. The molecule has 1 aliphatic heterocycles. The number of hydrogen-bond donors (Lipinski definition) is 1. The SMILES string of the molecule is CCCCC(CC)C1NCCO1. The monoisotopic (exact) mass is 171 g/mol. The molecule has 2 unspecified atom stereocenters. The average molecular weight is 171 g/mol. The van der Waals surface area contributed by atoms with Gasteiger partial charge in [-0.15, -0.1) is 0 Å². The van der Waals surface area contributed by atoms with Crippen molar-refractivity contribution >= 4 is 0 Å². The van der Waals surface area contributed by atoms with Crippen molar-refractivity contribution < 1.29 is 4.74 Å². The summed E-state index contributed by atoms with van der Waals surface area (Å²) >= 11 is 0. The molecule has 0 radical (unpaired) electrons. The van der Waals surface area contributed by atoms with Gasteiger partial charge >= 0.3 is 0 Å². The molecule has 2 heteroatoms. The first-order chi connectivity index (χ1) is 5.88. The molecule has 1 rings (SSSR count). The van der Waals surface area contributed by atoms with Crippen LogP contribution in [0.1, 0.15) is 39.5 Å². The molecule has 0 aromatic carbocycles. The fraction of sp³-hybridized carbons (Fsp3) is 1.00. The molecule has 0 amide bonds. The summed E-state index contributed by atoms with van der Waals surface area (Å²) in [5.41, 5.74) is 0. The fourth-order valence-corrected chi connectivity index (χ4v) is 1.78. The predicted molar refractivity (Wildman–Crippen MR) is 51.0 cm³/mol. The summed E-state index contributed by atoms with van der Waals surface area (Å²) in [5.74, 6) is 0.729. The lowest BCUT2D eigenvalue weighted by molar-refractivity contribution is 0.0461. The van der Waals surface area contributed by atoms with Crippen LogP contribution in [-0.2, 0) is 4.74 Å². The molecule has 1 saturated heterocycles. The Morgan fingerprint density at radius 1 is 1.50 bits per heavy atom. The highest BCUT2D eigenvalue weighted by Crippen LogP contribution is 2.19. The van der Waals surface area contributed by atoms with E-state index in [4.69, 9.17) is 4.74 Å². The molecule has 1 heterocycles. The Labute approximate surface area is 75.7 Å². The second-order valence-electron chi connectivity index (χ2n) is 3.56. The smallest absolute Gasteiger partial charge is 0.111 e. The standard InChI is InChI=1S/C10H21NO/c1-3-5-6-9(4-2)10-11-7-8-12-10/h9-11H,3-8H2,1-2H3. The molecule has 0 bridgehead atoms. The lowest BCUT2D eigenvalue weighted by atomic mass is 9.98.